The van der Waals surface area contributed by atoms with E-state index in [0.29, 0.717) is 23.3 Å². The predicted molar refractivity (Wildman–Crippen MR) is 132 cm³/mol. The first-order valence-electron chi connectivity index (χ1n) is 10.2. The lowest BCUT2D eigenvalue weighted by atomic mass is 9.79. The molecule has 0 fully saturated rings. The van der Waals surface area contributed by atoms with Crippen molar-refractivity contribution in [1.29, 1.82) is 0 Å². The van der Waals surface area contributed by atoms with Gasteiger partial charge in [-0.1, -0.05) is 13.0 Å². The molecule has 0 unspecified atom stereocenters. The first kappa shape index (κ1) is 22.6. The minimum atomic E-state index is -0.264. The monoisotopic (exact) mass is 519 g/mol. The summed E-state index contributed by atoms with van der Waals surface area (Å²) in [5, 5.41) is 4.17. The molecule has 1 aliphatic heterocycles. The van der Waals surface area contributed by atoms with Crippen LogP contribution >= 0.6 is 22.6 Å². The molecule has 1 atom stereocenters. The van der Waals surface area contributed by atoms with Gasteiger partial charge in [-0.3, -0.25) is 4.79 Å². The zero-order valence-corrected chi connectivity index (χ0v) is 20.6. The minimum Gasteiger partial charge on any atom is -0.496 e. The molecule has 0 aromatic heterocycles. The van der Waals surface area contributed by atoms with Crippen molar-refractivity contribution < 1.29 is 9.53 Å². The number of carbonyl (C=O) groups is 1. The SMILES string of the molecule is COc1cc(C(=O)N/N=C/c2ccc3c(c2)[C@@H](C)CC(C)(C)N3C(C)C)ccc1I. The maximum absolute atomic E-state index is 12.4. The quantitative estimate of drug-likeness (QED) is 0.320. The van der Waals surface area contributed by atoms with E-state index in [1.165, 1.54) is 11.3 Å². The smallest absolute Gasteiger partial charge is 0.271 e. The van der Waals surface area contributed by atoms with Crippen molar-refractivity contribution in [3.63, 3.8) is 0 Å². The maximum atomic E-state index is 12.4. The Morgan fingerprint density at radius 3 is 2.70 bits per heavy atom. The molecule has 5 nitrogen and oxygen atoms in total. The molecule has 1 heterocycles. The van der Waals surface area contributed by atoms with Crippen LogP contribution in [0.15, 0.2) is 41.5 Å². The van der Waals surface area contributed by atoms with Crippen molar-refractivity contribution in [2.75, 3.05) is 12.0 Å². The first-order valence-corrected chi connectivity index (χ1v) is 11.3. The van der Waals surface area contributed by atoms with Gasteiger partial charge >= 0.3 is 0 Å². The van der Waals surface area contributed by atoms with Crippen molar-refractivity contribution in [3.05, 3.63) is 56.7 Å². The van der Waals surface area contributed by atoms with E-state index in [1.807, 2.05) is 6.07 Å². The molecule has 0 spiro atoms. The van der Waals surface area contributed by atoms with E-state index in [1.54, 1.807) is 25.5 Å². The van der Waals surface area contributed by atoms with Crippen LogP contribution in [0, 0.1) is 3.57 Å². The van der Waals surface area contributed by atoms with Gasteiger partial charge in [0.05, 0.1) is 16.9 Å². The van der Waals surface area contributed by atoms with Crippen molar-refractivity contribution >= 4 is 40.4 Å². The Morgan fingerprint density at radius 2 is 2.03 bits per heavy atom. The third kappa shape index (κ3) is 4.63. The highest BCUT2D eigenvalue weighted by Crippen LogP contribution is 2.44. The number of amides is 1. The second kappa shape index (κ2) is 8.96. The average molecular weight is 519 g/mol. The van der Waals surface area contributed by atoms with Gasteiger partial charge in [-0.05, 0) is 104 Å². The van der Waals surface area contributed by atoms with Gasteiger partial charge in [-0.15, -0.1) is 0 Å². The number of halogens is 1. The molecule has 160 valence electrons. The fourth-order valence-electron chi connectivity index (χ4n) is 4.56. The highest BCUT2D eigenvalue weighted by molar-refractivity contribution is 14.1. The second-order valence-electron chi connectivity index (χ2n) is 8.75. The van der Waals surface area contributed by atoms with Crippen LogP contribution in [0.1, 0.15) is 68.4 Å². The summed E-state index contributed by atoms with van der Waals surface area (Å²) in [4.78, 5) is 14.9. The van der Waals surface area contributed by atoms with Gasteiger partial charge in [0, 0.05) is 22.8 Å². The van der Waals surface area contributed by atoms with Crippen molar-refractivity contribution in [1.82, 2.24) is 5.43 Å². The molecule has 0 aliphatic carbocycles. The van der Waals surface area contributed by atoms with Crippen LogP contribution in [-0.2, 0) is 0 Å². The number of carbonyl (C=O) groups excluding carboxylic acids is 1. The van der Waals surface area contributed by atoms with E-state index >= 15 is 0 Å². The lowest BCUT2D eigenvalue weighted by Gasteiger charge is -2.50. The summed E-state index contributed by atoms with van der Waals surface area (Å²) < 4.78 is 6.24. The van der Waals surface area contributed by atoms with Gasteiger partial charge in [0.25, 0.3) is 5.91 Å². The largest absolute Gasteiger partial charge is 0.496 e. The number of hydrogen-bond acceptors (Lipinski definition) is 4. The van der Waals surface area contributed by atoms with Crippen molar-refractivity contribution in [2.45, 2.75) is 58.5 Å². The van der Waals surface area contributed by atoms with Crippen LogP contribution in [-0.4, -0.2) is 30.8 Å². The highest BCUT2D eigenvalue weighted by atomic mass is 127. The molecule has 1 aliphatic rings. The zero-order valence-electron chi connectivity index (χ0n) is 18.5. The number of hydrogen-bond donors (Lipinski definition) is 1. The van der Waals surface area contributed by atoms with Crippen LogP contribution in [0.4, 0.5) is 5.69 Å². The van der Waals surface area contributed by atoms with E-state index in [4.69, 9.17) is 4.74 Å². The van der Waals surface area contributed by atoms with Crippen LogP contribution in [0.3, 0.4) is 0 Å². The summed E-state index contributed by atoms with van der Waals surface area (Å²) in [7, 11) is 1.59. The lowest BCUT2D eigenvalue weighted by Crippen LogP contribution is -2.51. The summed E-state index contributed by atoms with van der Waals surface area (Å²) in [5.74, 6) is 0.876. The number of anilines is 1. The van der Waals surface area contributed by atoms with Gasteiger partial charge in [0.2, 0.25) is 0 Å². The van der Waals surface area contributed by atoms with E-state index in [-0.39, 0.29) is 11.4 Å². The Morgan fingerprint density at radius 1 is 1.30 bits per heavy atom. The van der Waals surface area contributed by atoms with Crippen molar-refractivity contribution in [3.8, 4) is 5.75 Å². The van der Waals surface area contributed by atoms with Crippen LogP contribution in [0.2, 0.25) is 0 Å². The van der Waals surface area contributed by atoms with E-state index in [9.17, 15) is 4.79 Å². The Kier molecular flexibility index (Phi) is 6.75. The topological polar surface area (TPSA) is 53.9 Å². The number of rotatable bonds is 5. The standard InChI is InChI=1S/C24H30IN3O2/c1-15(2)28-21-10-7-17(11-19(21)16(3)13-24(28,4)5)14-26-27-23(29)18-8-9-20(25)22(12-18)30-6/h7-12,14-16H,13H2,1-6H3,(H,27,29)/b26-14+/t16-/m0/s1. The van der Waals surface area contributed by atoms with E-state index < -0.39 is 0 Å². The molecule has 6 heteroatoms. The third-order valence-electron chi connectivity index (χ3n) is 5.61. The van der Waals surface area contributed by atoms with E-state index in [0.717, 1.165) is 15.6 Å². The number of nitrogens with one attached hydrogen (secondary N) is 1. The number of hydrazone groups is 1. The molecule has 0 saturated carbocycles. The number of benzene rings is 2. The summed E-state index contributed by atoms with van der Waals surface area (Å²) in [6, 6.07) is 12.2. The molecule has 1 N–H and O–H groups in total. The van der Waals surface area contributed by atoms with Crippen LogP contribution in [0.5, 0.6) is 5.75 Å². The molecule has 0 bridgehead atoms. The van der Waals surface area contributed by atoms with Crippen molar-refractivity contribution in [2.24, 2.45) is 5.10 Å². The number of fused-ring (bicyclic) bond motifs is 1. The predicted octanol–water partition coefficient (Wildman–Crippen LogP) is 5.56. The normalized spacial score (nSPS) is 17.9. The molecule has 3 rings (SSSR count). The molecule has 2 aromatic carbocycles. The molecule has 0 radical (unpaired) electrons. The van der Waals surface area contributed by atoms with Gasteiger partial charge in [-0.2, -0.15) is 5.10 Å². The fourth-order valence-corrected chi connectivity index (χ4v) is 5.11. The number of methoxy groups -OCH3 is 1. The summed E-state index contributed by atoms with van der Waals surface area (Å²) in [6.07, 6.45) is 2.80. The molecule has 0 saturated heterocycles. The van der Waals surface area contributed by atoms with Crippen LogP contribution < -0.4 is 15.1 Å². The first-order chi connectivity index (χ1) is 14.1. The Labute approximate surface area is 193 Å². The Bertz CT molecular complexity index is 969. The molecule has 2 aromatic rings. The highest BCUT2D eigenvalue weighted by Gasteiger charge is 2.37. The zero-order chi connectivity index (χ0) is 22.1. The lowest BCUT2D eigenvalue weighted by molar-refractivity contribution is 0.0954. The van der Waals surface area contributed by atoms with Gasteiger partial charge in [-0.25, -0.2) is 5.43 Å². The third-order valence-corrected chi connectivity index (χ3v) is 6.50. The average Bonchev–Trinajstić information content (AvgIpc) is 2.67. The maximum Gasteiger partial charge on any atom is 0.271 e. The summed E-state index contributed by atoms with van der Waals surface area (Å²) in [5.41, 5.74) is 6.85. The van der Waals surface area contributed by atoms with Gasteiger partial charge in [0.1, 0.15) is 5.75 Å². The molecule has 30 heavy (non-hydrogen) atoms. The van der Waals surface area contributed by atoms with Crippen LogP contribution in [0.25, 0.3) is 0 Å². The molecular formula is C24H30IN3O2. The molecule has 1 amide bonds. The minimum absolute atomic E-state index is 0.124. The number of ether oxygens (including phenoxy) is 1. The summed E-state index contributed by atoms with van der Waals surface area (Å²) in [6.45, 7) is 11.4. The Balaban J connectivity index is 1.78. The molecular weight excluding hydrogens is 489 g/mol. The Hall–Kier alpha value is -2.09. The van der Waals surface area contributed by atoms with E-state index in [2.05, 4.69) is 90.8 Å². The van der Waals surface area contributed by atoms with Gasteiger partial charge in [0.15, 0.2) is 0 Å². The van der Waals surface area contributed by atoms with Gasteiger partial charge < -0.3 is 9.64 Å². The fraction of sp³-hybridized carbons (Fsp3) is 0.417. The summed E-state index contributed by atoms with van der Waals surface area (Å²) >= 11 is 2.17. The second-order valence-corrected chi connectivity index (χ2v) is 9.91. The number of nitrogens with zero attached hydrogens (tertiary/aromatic N) is 2.